The summed E-state index contributed by atoms with van der Waals surface area (Å²) < 4.78 is 0. The molecule has 0 spiro atoms. The molecule has 0 saturated carbocycles. The number of rotatable bonds is 4. The van der Waals surface area contributed by atoms with E-state index in [9.17, 15) is 14.4 Å². The monoisotopic (exact) mass is 405 g/mol. The van der Waals surface area contributed by atoms with E-state index >= 15 is 0 Å². The van der Waals surface area contributed by atoms with E-state index in [1.807, 2.05) is 66.4 Å². The molecule has 1 atom stereocenters. The summed E-state index contributed by atoms with van der Waals surface area (Å²) >= 11 is 0. The zero-order chi connectivity index (χ0) is 21.1. The van der Waals surface area contributed by atoms with Crippen LogP contribution in [0.2, 0.25) is 0 Å². The Labute approximate surface area is 177 Å². The minimum atomic E-state index is -0.292. The zero-order valence-electron chi connectivity index (χ0n) is 17.3. The molecule has 0 radical (unpaired) electrons. The topological polar surface area (TPSA) is 60.9 Å². The first-order chi connectivity index (χ1) is 14.5. The van der Waals surface area contributed by atoms with Crippen LogP contribution in [0.25, 0.3) is 0 Å². The van der Waals surface area contributed by atoms with Gasteiger partial charge in [0, 0.05) is 51.3 Å². The van der Waals surface area contributed by atoms with Gasteiger partial charge in [0.25, 0.3) is 5.91 Å². The maximum Gasteiger partial charge on any atom is 0.253 e. The zero-order valence-corrected chi connectivity index (χ0v) is 17.3. The Kier molecular flexibility index (Phi) is 5.84. The molecule has 6 heteroatoms. The molecule has 2 fully saturated rings. The van der Waals surface area contributed by atoms with Gasteiger partial charge in [-0.15, -0.1) is 0 Å². The van der Waals surface area contributed by atoms with E-state index in [0.29, 0.717) is 44.8 Å². The SMILES string of the molecule is Cc1ccc(CN2C[C@@H](C(=O)N3CCN(C(=O)c4ccccc4)CC3)CC2=O)cc1. The van der Waals surface area contributed by atoms with E-state index in [1.165, 1.54) is 5.56 Å². The Hall–Kier alpha value is -3.15. The second-order valence-corrected chi connectivity index (χ2v) is 8.14. The van der Waals surface area contributed by atoms with Crippen molar-refractivity contribution in [1.29, 1.82) is 0 Å². The number of nitrogens with zero attached hydrogens (tertiary/aromatic N) is 3. The van der Waals surface area contributed by atoms with Crippen LogP contribution in [0.4, 0.5) is 0 Å². The number of carbonyl (C=O) groups is 3. The highest BCUT2D eigenvalue weighted by Crippen LogP contribution is 2.23. The van der Waals surface area contributed by atoms with E-state index in [2.05, 4.69) is 0 Å². The lowest BCUT2D eigenvalue weighted by atomic mass is 10.1. The summed E-state index contributed by atoms with van der Waals surface area (Å²) in [5, 5.41) is 0. The second-order valence-electron chi connectivity index (χ2n) is 8.14. The van der Waals surface area contributed by atoms with Gasteiger partial charge in [-0.1, -0.05) is 48.0 Å². The van der Waals surface area contributed by atoms with Gasteiger partial charge in [0.2, 0.25) is 11.8 Å². The van der Waals surface area contributed by atoms with Crippen molar-refractivity contribution in [3.63, 3.8) is 0 Å². The Morgan fingerprint density at radius 1 is 0.900 bits per heavy atom. The van der Waals surface area contributed by atoms with E-state index in [0.717, 1.165) is 5.56 Å². The molecule has 0 unspecified atom stereocenters. The average molecular weight is 405 g/mol. The molecular formula is C24H27N3O3. The summed E-state index contributed by atoms with van der Waals surface area (Å²) in [4.78, 5) is 43.4. The normalized spacial score (nSPS) is 19.3. The Bertz CT molecular complexity index is 918. The van der Waals surface area contributed by atoms with Gasteiger partial charge in [0.1, 0.15) is 0 Å². The third-order valence-corrected chi connectivity index (χ3v) is 5.96. The Morgan fingerprint density at radius 3 is 2.20 bits per heavy atom. The lowest BCUT2D eigenvalue weighted by Crippen LogP contribution is -2.52. The maximum atomic E-state index is 13.0. The number of carbonyl (C=O) groups excluding carboxylic acids is 3. The molecule has 2 heterocycles. The number of piperazine rings is 1. The van der Waals surface area contributed by atoms with Crippen LogP contribution in [-0.4, -0.2) is 65.1 Å². The molecule has 2 aliphatic rings. The minimum Gasteiger partial charge on any atom is -0.339 e. The first-order valence-corrected chi connectivity index (χ1v) is 10.5. The average Bonchev–Trinajstić information content (AvgIpc) is 3.15. The molecule has 2 saturated heterocycles. The lowest BCUT2D eigenvalue weighted by molar-refractivity contribution is -0.137. The van der Waals surface area contributed by atoms with Crippen LogP contribution in [0.15, 0.2) is 54.6 Å². The highest BCUT2D eigenvalue weighted by atomic mass is 16.2. The molecule has 2 aromatic rings. The molecule has 6 nitrogen and oxygen atoms in total. The van der Waals surface area contributed by atoms with Gasteiger partial charge in [-0.05, 0) is 24.6 Å². The van der Waals surface area contributed by atoms with Crippen molar-refractivity contribution in [3.05, 3.63) is 71.3 Å². The van der Waals surface area contributed by atoms with Crippen LogP contribution in [0.1, 0.15) is 27.9 Å². The van der Waals surface area contributed by atoms with Crippen molar-refractivity contribution < 1.29 is 14.4 Å². The first-order valence-electron chi connectivity index (χ1n) is 10.5. The molecule has 156 valence electrons. The molecule has 2 aromatic carbocycles. The standard InChI is InChI=1S/C24H27N3O3/c1-18-7-9-19(10-8-18)16-27-17-21(15-22(27)28)24(30)26-13-11-25(12-14-26)23(29)20-5-3-2-4-6-20/h2-10,21H,11-17H2,1H3/t21-/m0/s1. The van der Waals surface area contributed by atoms with E-state index in [4.69, 9.17) is 0 Å². The highest BCUT2D eigenvalue weighted by molar-refractivity contribution is 5.94. The quantitative estimate of drug-likeness (QED) is 0.784. The van der Waals surface area contributed by atoms with Gasteiger partial charge in [0.15, 0.2) is 0 Å². The van der Waals surface area contributed by atoms with Crippen molar-refractivity contribution in [3.8, 4) is 0 Å². The molecule has 0 aliphatic carbocycles. The van der Waals surface area contributed by atoms with Crippen LogP contribution in [0.5, 0.6) is 0 Å². The number of benzene rings is 2. The Morgan fingerprint density at radius 2 is 1.53 bits per heavy atom. The maximum absolute atomic E-state index is 13.0. The van der Waals surface area contributed by atoms with Gasteiger partial charge in [-0.3, -0.25) is 14.4 Å². The molecule has 0 aromatic heterocycles. The first kappa shape index (κ1) is 20.1. The molecule has 0 N–H and O–H groups in total. The predicted octanol–water partition coefficient (Wildman–Crippen LogP) is 2.33. The predicted molar refractivity (Wildman–Crippen MR) is 114 cm³/mol. The fourth-order valence-corrected chi connectivity index (χ4v) is 4.16. The van der Waals surface area contributed by atoms with Gasteiger partial charge >= 0.3 is 0 Å². The van der Waals surface area contributed by atoms with E-state index < -0.39 is 0 Å². The van der Waals surface area contributed by atoms with Crippen LogP contribution in [0.3, 0.4) is 0 Å². The van der Waals surface area contributed by atoms with Crippen LogP contribution < -0.4 is 0 Å². The molecule has 2 aliphatic heterocycles. The van der Waals surface area contributed by atoms with Crippen molar-refractivity contribution in [2.24, 2.45) is 5.92 Å². The molecule has 3 amide bonds. The van der Waals surface area contributed by atoms with Gasteiger partial charge in [-0.2, -0.15) is 0 Å². The third-order valence-electron chi connectivity index (χ3n) is 5.96. The molecule has 0 bridgehead atoms. The summed E-state index contributed by atoms with van der Waals surface area (Å²) in [6.45, 7) is 5.12. The van der Waals surface area contributed by atoms with Crippen LogP contribution in [-0.2, 0) is 16.1 Å². The fourth-order valence-electron chi connectivity index (χ4n) is 4.16. The number of hydrogen-bond acceptors (Lipinski definition) is 3. The largest absolute Gasteiger partial charge is 0.339 e. The summed E-state index contributed by atoms with van der Waals surface area (Å²) in [6.07, 6.45) is 0.272. The third kappa shape index (κ3) is 4.37. The summed E-state index contributed by atoms with van der Waals surface area (Å²) in [6, 6.07) is 17.3. The van der Waals surface area contributed by atoms with Crippen molar-refractivity contribution in [2.45, 2.75) is 19.9 Å². The van der Waals surface area contributed by atoms with Gasteiger partial charge in [0.05, 0.1) is 5.92 Å². The summed E-state index contributed by atoms with van der Waals surface area (Å²) in [5.41, 5.74) is 2.94. The highest BCUT2D eigenvalue weighted by Gasteiger charge is 2.37. The molecular weight excluding hydrogens is 378 g/mol. The van der Waals surface area contributed by atoms with Crippen LogP contribution in [0, 0.1) is 12.8 Å². The molecule has 30 heavy (non-hydrogen) atoms. The van der Waals surface area contributed by atoms with Gasteiger partial charge in [-0.25, -0.2) is 0 Å². The molecule has 4 rings (SSSR count). The van der Waals surface area contributed by atoms with E-state index in [-0.39, 0.29) is 30.1 Å². The number of aryl methyl sites for hydroxylation is 1. The van der Waals surface area contributed by atoms with E-state index in [1.54, 1.807) is 9.80 Å². The number of likely N-dealkylation sites (tertiary alicyclic amines) is 1. The second kappa shape index (κ2) is 8.69. The van der Waals surface area contributed by atoms with Crippen molar-refractivity contribution in [1.82, 2.24) is 14.7 Å². The Balaban J connectivity index is 1.30. The smallest absolute Gasteiger partial charge is 0.253 e. The van der Waals surface area contributed by atoms with Crippen molar-refractivity contribution in [2.75, 3.05) is 32.7 Å². The number of hydrogen-bond donors (Lipinski definition) is 0. The summed E-state index contributed by atoms with van der Waals surface area (Å²) in [7, 11) is 0. The fraction of sp³-hybridized carbons (Fsp3) is 0.375. The van der Waals surface area contributed by atoms with Gasteiger partial charge < -0.3 is 14.7 Å². The lowest BCUT2D eigenvalue weighted by Gasteiger charge is -2.36. The van der Waals surface area contributed by atoms with Crippen molar-refractivity contribution >= 4 is 17.7 Å². The summed E-state index contributed by atoms with van der Waals surface area (Å²) in [5.74, 6) is -0.226. The number of amides is 3. The van der Waals surface area contributed by atoms with Crippen LogP contribution >= 0.6 is 0 Å². The minimum absolute atomic E-state index is 0.00279.